The predicted octanol–water partition coefficient (Wildman–Crippen LogP) is 2.10. The lowest BCUT2D eigenvalue weighted by Gasteiger charge is -2.36. The molecule has 3 rings (SSSR count). The smallest absolute Gasteiger partial charge is 0.240 e. The molecule has 0 aliphatic carbocycles. The van der Waals surface area contributed by atoms with Gasteiger partial charge in [-0.3, -0.25) is 9.80 Å². The Balaban J connectivity index is 1.50. The summed E-state index contributed by atoms with van der Waals surface area (Å²) in [6.45, 7) is 9.21. The Kier molecular flexibility index (Phi) is 6.42. The van der Waals surface area contributed by atoms with Gasteiger partial charge in [-0.25, -0.2) is 0 Å². The minimum Gasteiger partial charge on any atom is -0.379 e. The second kappa shape index (κ2) is 8.76. The molecule has 130 valence electrons. The monoisotopic (exact) mass is 322 g/mol. The van der Waals surface area contributed by atoms with Gasteiger partial charge in [0.15, 0.2) is 5.82 Å². The quantitative estimate of drug-likeness (QED) is 0.766. The zero-order valence-electron chi connectivity index (χ0n) is 14.4. The second-order valence-corrected chi connectivity index (χ2v) is 6.72. The summed E-state index contributed by atoms with van der Waals surface area (Å²) in [6.07, 6.45) is 7.12. The van der Waals surface area contributed by atoms with Crippen molar-refractivity contribution < 1.29 is 9.26 Å². The highest BCUT2D eigenvalue weighted by atomic mass is 16.5. The van der Waals surface area contributed by atoms with Crippen LogP contribution in [0.2, 0.25) is 0 Å². The lowest BCUT2D eigenvalue weighted by atomic mass is 9.99. The van der Waals surface area contributed by atoms with Gasteiger partial charge in [0.25, 0.3) is 0 Å². The van der Waals surface area contributed by atoms with Crippen molar-refractivity contribution >= 4 is 0 Å². The van der Waals surface area contributed by atoms with Gasteiger partial charge in [-0.2, -0.15) is 4.98 Å². The van der Waals surface area contributed by atoms with Crippen molar-refractivity contribution in [3.63, 3.8) is 0 Å². The minimum atomic E-state index is 0.646. The molecule has 0 bridgehead atoms. The van der Waals surface area contributed by atoms with Crippen LogP contribution in [0.15, 0.2) is 4.52 Å². The molecule has 2 saturated heterocycles. The Bertz CT molecular complexity index is 459. The van der Waals surface area contributed by atoms with Gasteiger partial charge >= 0.3 is 0 Å². The number of hydrogen-bond donors (Lipinski definition) is 0. The van der Waals surface area contributed by atoms with Crippen LogP contribution in [0.1, 0.15) is 50.7 Å². The van der Waals surface area contributed by atoms with E-state index in [2.05, 4.69) is 26.9 Å². The predicted molar refractivity (Wildman–Crippen MR) is 88.2 cm³/mol. The first kappa shape index (κ1) is 16.9. The molecule has 2 fully saturated rings. The maximum Gasteiger partial charge on any atom is 0.240 e. The SMILES string of the molecule is CCCc1noc(CN2CCCC[C@H]2CCN2CCOCC2)n1. The van der Waals surface area contributed by atoms with Gasteiger partial charge in [0.05, 0.1) is 19.8 Å². The molecule has 1 aromatic heterocycles. The highest BCUT2D eigenvalue weighted by Crippen LogP contribution is 2.22. The van der Waals surface area contributed by atoms with E-state index >= 15 is 0 Å². The van der Waals surface area contributed by atoms with E-state index in [0.29, 0.717) is 6.04 Å². The van der Waals surface area contributed by atoms with E-state index in [4.69, 9.17) is 9.26 Å². The summed E-state index contributed by atoms with van der Waals surface area (Å²) in [4.78, 5) is 9.61. The number of piperidine rings is 1. The molecular weight excluding hydrogens is 292 g/mol. The number of morpholine rings is 1. The number of ether oxygens (including phenoxy) is 1. The Morgan fingerprint density at radius 3 is 2.87 bits per heavy atom. The van der Waals surface area contributed by atoms with E-state index in [0.717, 1.165) is 63.9 Å². The zero-order valence-corrected chi connectivity index (χ0v) is 14.4. The molecule has 0 spiro atoms. The zero-order chi connectivity index (χ0) is 15.9. The third kappa shape index (κ3) is 4.99. The average molecular weight is 322 g/mol. The highest BCUT2D eigenvalue weighted by molar-refractivity contribution is 4.89. The first-order valence-corrected chi connectivity index (χ1v) is 9.20. The number of aryl methyl sites for hydroxylation is 1. The number of aromatic nitrogens is 2. The van der Waals surface area contributed by atoms with Gasteiger partial charge < -0.3 is 9.26 Å². The summed E-state index contributed by atoms with van der Waals surface area (Å²) >= 11 is 0. The first-order chi connectivity index (χ1) is 11.3. The van der Waals surface area contributed by atoms with E-state index in [1.54, 1.807) is 0 Å². The Hall–Kier alpha value is -0.980. The van der Waals surface area contributed by atoms with Gasteiger partial charge in [0.2, 0.25) is 5.89 Å². The van der Waals surface area contributed by atoms with Crippen molar-refractivity contribution in [3.8, 4) is 0 Å². The lowest BCUT2D eigenvalue weighted by Crippen LogP contribution is -2.43. The third-order valence-corrected chi connectivity index (χ3v) is 4.95. The number of likely N-dealkylation sites (tertiary alicyclic amines) is 1. The van der Waals surface area contributed by atoms with Crippen LogP contribution in [0.25, 0.3) is 0 Å². The fraction of sp³-hybridized carbons (Fsp3) is 0.882. The van der Waals surface area contributed by atoms with Crippen LogP contribution in [-0.4, -0.2) is 65.4 Å². The molecular formula is C17H30N4O2. The molecule has 0 aromatic carbocycles. The standard InChI is InChI=1S/C17H30N4O2/c1-2-5-16-18-17(23-19-16)14-21-8-4-3-6-15(21)7-9-20-10-12-22-13-11-20/h15H,2-14H2,1H3/t15-/m0/s1. The molecule has 6 nitrogen and oxygen atoms in total. The summed E-state index contributed by atoms with van der Waals surface area (Å²) in [5.74, 6) is 1.64. The van der Waals surface area contributed by atoms with Gasteiger partial charge in [-0.15, -0.1) is 0 Å². The molecule has 0 radical (unpaired) electrons. The maximum absolute atomic E-state index is 5.43. The van der Waals surface area contributed by atoms with E-state index in [1.165, 1.54) is 32.2 Å². The number of hydrogen-bond acceptors (Lipinski definition) is 6. The molecule has 6 heteroatoms. The van der Waals surface area contributed by atoms with Crippen molar-refractivity contribution in [2.24, 2.45) is 0 Å². The number of nitrogens with zero attached hydrogens (tertiary/aromatic N) is 4. The molecule has 1 atom stereocenters. The molecule has 1 aromatic rings. The van der Waals surface area contributed by atoms with Crippen LogP contribution >= 0.6 is 0 Å². The second-order valence-electron chi connectivity index (χ2n) is 6.72. The van der Waals surface area contributed by atoms with Crippen molar-refractivity contribution in [2.45, 2.75) is 58.0 Å². The van der Waals surface area contributed by atoms with E-state index in [1.807, 2.05) is 0 Å². The van der Waals surface area contributed by atoms with Gasteiger partial charge in [0.1, 0.15) is 0 Å². The van der Waals surface area contributed by atoms with Crippen LogP contribution in [0, 0.1) is 0 Å². The van der Waals surface area contributed by atoms with E-state index < -0.39 is 0 Å². The number of rotatable bonds is 7. The molecule has 2 aliphatic heterocycles. The van der Waals surface area contributed by atoms with Gasteiger partial charge in [0, 0.05) is 25.6 Å². The third-order valence-electron chi connectivity index (χ3n) is 4.95. The first-order valence-electron chi connectivity index (χ1n) is 9.20. The fourth-order valence-corrected chi connectivity index (χ4v) is 3.60. The fourth-order valence-electron chi connectivity index (χ4n) is 3.60. The van der Waals surface area contributed by atoms with E-state index in [9.17, 15) is 0 Å². The van der Waals surface area contributed by atoms with Gasteiger partial charge in [-0.1, -0.05) is 18.5 Å². The molecule has 0 amide bonds. The minimum absolute atomic E-state index is 0.646. The highest BCUT2D eigenvalue weighted by Gasteiger charge is 2.25. The molecule has 0 unspecified atom stereocenters. The molecule has 2 aliphatic rings. The Morgan fingerprint density at radius 2 is 2.04 bits per heavy atom. The topological polar surface area (TPSA) is 54.6 Å². The normalized spacial score (nSPS) is 24.1. The van der Waals surface area contributed by atoms with Crippen LogP contribution in [-0.2, 0) is 17.7 Å². The summed E-state index contributed by atoms with van der Waals surface area (Å²) in [5.41, 5.74) is 0. The lowest BCUT2D eigenvalue weighted by molar-refractivity contribution is 0.0294. The maximum atomic E-state index is 5.43. The van der Waals surface area contributed by atoms with Crippen LogP contribution in [0.4, 0.5) is 0 Å². The van der Waals surface area contributed by atoms with Gasteiger partial charge in [-0.05, 0) is 38.8 Å². The molecule has 0 saturated carbocycles. The van der Waals surface area contributed by atoms with Crippen molar-refractivity contribution in [1.82, 2.24) is 19.9 Å². The van der Waals surface area contributed by atoms with E-state index in [-0.39, 0.29) is 0 Å². The van der Waals surface area contributed by atoms with Crippen LogP contribution in [0.3, 0.4) is 0 Å². The summed E-state index contributed by atoms with van der Waals surface area (Å²) in [5, 5.41) is 4.08. The van der Waals surface area contributed by atoms with Crippen molar-refractivity contribution in [1.29, 1.82) is 0 Å². The molecule has 0 N–H and O–H groups in total. The summed E-state index contributed by atoms with van der Waals surface area (Å²) in [6, 6.07) is 0.646. The Labute approximate surface area is 139 Å². The molecule has 23 heavy (non-hydrogen) atoms. The van der Waals surface area contributed by atoms with Crippen molar-refractivity contribution in [3.05, 3.63) is 11.7 Å². The summed E-state index contributed by atoms with van der Waals surface area (Å²) < 4.78 is 10.9. The average Bonchev–Trinajstić information content (AvgIpc) is 3.03. The Morgan fingerprint density at radius 1 is 1.17 bits per heavy atom. The van der Waals surface area contributed by atoms with Crippen molar-refractivity contribution in [2.75, 3.05) is 39.4 Å². The molecule has 3 heterocycles. The van der Waals surface area contributed by atoms with Crippen LogP contribution < -0.4 is 0 Å². The summed E-state index contributed by atoms with van der Waals surface area (Å²) in [7, 11) is 0. The largest absolute Gasteiger partial charge is 0.379 e. The van der Waals surface area contributed by atoms with Crippen LogP contribution in [0.5, 0.6) is 0 Å².